The zero-order valence-corrected chi connectivity index (χ0v) is 15.3. The molecular formula is C19H27N5O. The van der Waals surface area contributed by atoms with Crippen LogP contribution in [-0.4, -0.2) is 32.7 Å². The van der Waals surface area contributed by atoms with Gasteiger partial charge in [-0.2, -0.15) is 5.10 Å². The summed E-state index contributed by atoms with van der Waals surface area (Å²) in [5.74, 6) is 0. The number of aryl methyl sites for hydroxylation is 3. The minimum Gasteiger partial charge on any atom is -0.332 e. The Kier molecular flexibility index (Phi) is 5.36. The summed E-state index contributed by atoms with van der Waals surface area (Å²) < 4.78 is 0. The molecule has 1 fully saturated rings. The van der Waals surface area contributed by atoms with E-state index in [9.17, 15) is 4.79 Å². The van der Waals surface area contributed by atoms with Gasteiger partial charge in [-0.25, -0.2) is 4.79 Å². The molecule has 3 heterocycles. The number of pyridine rings is 1. The molecule has 6 nitrogen and oxygen atoms in total. The number of aromatic nitrogens is 3. The van der Waals surface area contributed by atoms with Crippen LogP contribution in [-0.2, 0) is 6.54 Å². The first kappa shape index (κ1) is 17.5. The molecule has 2 amide bonds. The van der Waals surface area contributed by atoms with E-state index in [0.29, 0.717) is 6.54 Å². The zero-order chi connectivity index (χ0) is 17.8. The van der Waals surface area contributed by atoms with Crippen LogP contribution < -0.4 is 5.32 Å². The van der Waals surface area contributed by atoms with Crippen LogP contribution in [0.5, 0.6) is 0 Å². The highest BCUT2D eigenvalue weighted by Crippen LogP contribution is 2.33. The summed E-state index contributed by atoms with van der Waals surface area (Å²) in [6.45, 7) is 7.30. The Morgan fingerprint density at radius 2 is 2.16 bits per heavy atom. The molecule has 0 spiro atoms. The third-order valence-corrected chi connectivity index (χ3v) is 5.06. The molecule has 2 aromatic rings. The van der Waals surface area contributed by atoms with E-state index in [2.05, 4.69) is 20.5 Å². The third kappa shape index (κ3) is 3.83. The van der Waals surface area contributed by atoms with Crippen LogP contribution >= 0.6 is 0 Å². The lowest BCUT2D eigenvalue weighted by molar-refractivity contribution is 0.175. The molecule has 1 aliphatic rings. The van der Waals surface area contributed by atoms with Gasteiger partial charge in [0.05, 0.1) is 24.0 Å². The monoisotopic (exact) mass is 341 g/mol. The van der Waals surface area contributed by atoms with E-state index in [-0.39, 0.29) is 12.1 Å². The number of aromatic amines is 1. The van der Waals surface area contributed by atoms with Gasteiger partial charge in [0.25, 0.3) is 0 Å². The number of amides is 2. The summed E-state index contributed by atoms with van der Waals surface area (Å²) >= 11 is 0. The maximum atomic E-state index is 12.9. The molecule has 2 aromatic heterocycles. The first-order chi connectivity index (χ1) is 12.1. The standard InChI is InChI=1S/C19H27N5O/c1-13-8-7-10-20-16(13)12-21-19(25)24-11-6-4-5-9-17(24)18-14(2)22-23-15(18)3/h7-8,10,17H,4-6,9,11-12H2,1-3H3,(H,21,25)(H,22,23). The molecule has 0 saturated carbocycles. The van der Waals surface area contributed by atoms with Crippen LogP contribution in [0, 0.1) is 20.8 Å². The van der Waals surface area contributed by atoms with Gasteiger partial charge in [-0.15, -0.1) is 0 Å². The quantitative estimate of drug-likeness (QED) is 0.896. The summed E-state index contributed by atoms with van der Waals surface area (Å²) in [6, 6.07) is 4.00. The Bertz CT molecular complexity index is 720. The van der Waals surface area contributed by atoms with Crippen LogP contribution in [0.1, 0.15) is 59.9 Å². The molecule has 0 radical (unpaired) electrons. The maximum absolute atomic E-state index is 12.9. The Labute approximate surface area is 149 Å². The van der Waals surface area contributed by atoms with Gasteiger partial charge in [-0.1, -0.05) is 18.9 Å². The summed E-state index contributed by atoms with van der Waals surface area (Å²) in [5.41, 5.74) is 5.23. The van der Waals surface area contributed by atoms with E-state index in [4.69, 9.17) is 0 Å². The van der Waals surface area contributed by atoms with Gasteiger partial charge in [0.2, 0.25) is 0 Å². The molecular weight excluding hydrogens is 314 g/mol. The van der Waals surface area contributed by atoms with Crippen molar-refractivity contribution in [2.24, 2.45) is 0 Å². The van der Waals surface area contributed by atoms with Gasteiger partial charge in [-0.05, 0) is 45.2 Å². The number of rotatable bonds is 3. The Hall–Kier alpha value is -2.37. The van der Waals surface area contributed by atoms with Gasteiger partial charge in [0, 0.05) is 24.0 Å². The summed E-state index contributed by atoms with van der Waals surface area (Å²) in [5, 5.41) is 10.5. The van der Waals surface area contributed by atoms with Crippen molar-refractivity contribution in [3.8, 4) is 0 Å². The molecule has 1 unspecified atom stereocenters. The van der Waals surface area contributed by atoms with Crippen LogP contribution in [0.4, 0.5) is 4.79 Å². The molecule has 0 aliphatic carbocycles. The summed E-state index contributed by atoms with van der Waals surface area (Å²) in [4.78, 5) is 19.3. The number of urea groups is 1. The fourth-order valence-electron chi connectivity index (χ4n) is 3.67. The molecule has 134 valence electrons. The molecule has 3 rings (SSSR count). The largest absolute Gasteiger partial charge is 0.332 e. The molecule has 1 saturated heterocycles. The predicted octanol–water partition coefficient (Wildman–Crippen LogP) is 3.56. The zero-order valence-electron chi connectivity index (χ0n) is 15.3. The van der Waals surface area contributed by atoms with Crippen LogP contribution in [0.3, 0.4) is 0 Å². The second kappa shape index (κ2) is 7.68. The first-order valence-electron chi connectivity index (χ1n) is 9.04. The number of carbonyl (C=O) groups excluding carboxylic acids is 1. The number of carbonyl (C=O) groups is 1. The molecule has 25 heavy (non-hydrogen) atoms. The number of nitrogens with one attached hydrogen (secondary N) is 2. The molecule has 6 heteroatoms. The second-order valence-corrected chi connectivity index (χ2v) is 6.83. The van der Waals surface area contributed by atoms with Crippen molar-refractivity contribution >= 4 is 6.03 Å². The number of hydrogen-bond acceptors (Lipinski definition) is 3. The number of hydrogen-bond donors (Lipinski definition) is 2. The normalized spacial score (nSPS) is 18.0. The molecule has 0 aromatic carbocycles. The van der Waals surface area contributed by atoms with Crippen molar-refractivity contribution in [2.75, 3.05) is 6.54 Å². The minimum atomic E-state index is -0.0167. The van der Waals surface area contributed by atoms with Crippen molar-refractivity contribution in [3.63, 3.8) is 0 Å². The van der Waals surface area contributed by atoms with Gasteiger partial charge in [-0.3, -0.25) is 10.1 Å². The lowest BCUT2D eigenvalue weighted by Crippen LogP contribution is -2.42. The predicted molar refractivity (Wildman–Crippen MR) is 97.2 cm³/mol. The SMILES string of the molecule is Cc1cccnc1CNC(=O)N1CCCCCC1c1c(C)n[nH]c1C. The average molecular weight is 341 g/mol. The van der Waals surface area contributed by atoms with Gasteiger partial charge in [0.15, 0.2) is 0 Å². The summed E-state index contributed by atoms with van der Waals surface area (Å²) in [7, 11) is 0. The van der Waals surface area contributed by atoms with Gasteiger partial charge >= 0.3 is 6.03 Å². The second-order valence-electron chi connectivity index (χ2n) is 6.83. The molecule has 1 atom stereocenters. The van der Waals surface area contributed by atoms with Gasteiger partial charge in [0.1, 0.15) is 0 Å². The average Bonchev–Trinajstić information content (AvgIpc) is 2.80. The Morgan fingerprint density at radius 3 is 2.88 bits per heavy atom. The Morgan fingerprint density at radius 1 is 1.32 bits per heavy atom. The maximum Gasteiger partial charge on any atom is 0.318 e. The topological polar surface area (TPSA) is 73.9 Å². The van der Waals surface area contributed by atoms with E-state index in [1.807, 2.05) is 37.8 Å². The highest BCUT2D eigenvalue weighted by atomic mass is 16.2. The smallest absolute Gasteiger partial charge is 0.318 e. The molecule has 1 aliphatic heterocycles. The molecule has 2 N–H and O–H groups in total. The van der Waals surface area contributed by atoms with Crippen LogP contribution in [0.2, 0.25) is 0 Å². The van der Waals surface area contributed by atoms with E-state index in [0.717, 1.165) is 54.9 Å². The van der Waals surface area contributed by atoms with Crippen molar-refractivity contribution in [3.05, 3.63) is 46.5 Å². The highest BCUT2D eigenvalue weighted by molar-refractivity contribution is 5.75. The summed E-state index contributed by atoms with van der Waals surface area (Å²) in [6.07, 6.45) is 6.09. The van der Waals surface area contributed by atoms with E-state index < -0.39 is 0 Å². The molecule has 0 bridgehead atoms. The fourth-order valence-corrected chi connectivity index (χ4v) is 3.67. The number of nitrogens with zero attached hydrogens (tertiary/aromatic N) is 3. The van der Waals surface area contributed by atoms with Gasteiger partial charge < -0.3 is 10.2 Å². The lowest BCUT2D eigenvalue weighted by atomic mass is 9.99. The van der Waals surface area contributed by atoms with Crippen molar-refractivity contribution in [2.45, 2.75) is 59.0 Å². The van der Waals surface area contributed by atoms with Crippen molar-refractivity contribution in [1.29, 1.82) is 0 Å². The fraction of sp³-hybridized carbons (Fsp3) is 0.526. The van der Waals surface area contributed by atoms with Crippen molar-refractivity contribution < 1.29 is 4.79 Å². The highest BCUT2D eigenvalue weighted by Gasteiger charge is 2.30. The first-order valence-corrected chi connectivity index (χ1v) is 9.04. The van der Waals surface area contributed by atoms with Crippen LogP contribution in [0.15, 0.2) is 18.3 Å². The van der Waals surface area contributed by atoms with Crippen LogP contribution in [0.25, 0.3) is 0 Å². The number of likely N-dealkylation sites (tertiary alicyclic amines) is 1. The minimum absolute atomic E-state index is 0.0167. The van der Waals surface area contributed by atoms with E-state index in [1.54, 1.807) is 6.20 Å². The third-order valence-electron chi connectivity index (χ3n) is 5.06. The Balaban J connectivity index is 1.77. The van der Waals surface area contributed by atoms with E-state index in [1.165, 1.54) is 5.56 Å². The lowest BCUT2D eigenvalue weighted by Gasteiger charge is -2.30. The number of H-pyrrole nitrogens is 1. The van der Waals surface area contributed by atoms with E-state index >= 15 is 0 Å². The van der Waals surface area contributed by atoms with Crippen molar-refractivity contribution in [1.82, 2.24) is 25.4 Å².